The standard InChI is InChI=1S/C9H18N2/c1-3-11-6-8-4-10(2)5-9(8)7-11/h8-9H,3-7H2,1-2H3/t8-,9?/m0/s1. The summed E-state index contributed by atoms with van der Waals surface area (Å²) < 4.78 is 0. The van der Waals surface area contributed by atoms with E-state index in [2.05, 4.69) is 23.8 Å². The quantitative estimate of drug-likeness (QED) is 0.542. The zero-order chi connectivity index (χ0) is 7.84. The van der Waals surface area contributed by atoms with E-state index in [1.807, 2.05) is 0 Å². The summed E-state index contributed by atoms with van der Waals surface area (Å²) in [5.74, 6) is 1.97. The van der Waals surface area contributed by atoms with Crippen molar-refractivity contribution in [3.63, 3.8) is 0 Å². The van der Waals surface area contributed by atoms with E-state index < -0.39 is 0 Å². The fraction of sp³-hybridized carbons (Fsp3) is 1.00. The third kappa shape index (κ3) is 1.30. The van der Waals surface area contributed by atoms with Gasteiger partial charge in [-0.15, -0.1) is 0 Å². The molecule has 0 aromatic rings. The Bertz CT molecular complexity index is 132. The summed E-state index contributed by atoms with van der Waals surface area (Å²) in [6, 6.07) is 0. The predicted octanol–water partition coefficient (Wildman–Crippen LogP) is 0.500. The lowest BCUT2D eigenvalue weighted by atomic mass is 10.0. The van der Waals surface area contributed by atoms with Gasteiger partial charge >= 0.3 is 0 Å². The maximum atomic E-state index is 2.59. The van der Waals surface area contributed by atoms with Crippen molar-refractivity contribution in [1.29, 1.82) is 0 Å². The fourth-order valence-corrected chi connectivity index (χ4v) is 2.58. The third-order valence-corrected chi connectivity index (χ3v) is 3.19. The van der Waals surface area contributed by atoms with Gasteiger partial charge in [-0.3, -0.25) is 0 Å². The number of fused-ring (bicyclic) bond motifs is 1. The van der Waals surface area contributed by atoms with Crippen LogP contribution in [0.3, 0.4) is 0 Å². The van der Waals surface area contributed by atoms with E-state index in [-0.39, 0.29) is 0 Å². The van der Waals surface area contributed by atoms with Gasteiger partial charge in [-0.25, -0.2) is 0 Å². The van der Waals surface area contributed by atoms with E-state index in [0.29, 0.717) is 0 Å². The molecule has 2 heterocycles. The molecule has 2 fully saturated rings. The van der Waals surface area contributed by atoms with Gasteiger partial charge in [0.25, 0.3) is 0 Å². The molecule has 0 aromatic carbocycles. The first-order valence-electron chi connectivity index (χ1n) is 4.70. The zero-order valence-corrected chi connectivity index (χ0v) is 7.58. The average Bonchev–Trinajstić information content (AvgIpc) is 2.43. The Morgan fingerprint density at radius 3 is 2.09 bits per heavy atom. The van der Waals surface area contributed by atoms with Gasteiger partial charge < -0.3 is 9.80 Å². The summed E-state index contributed by atoms with van der Waals surface area (Å²) in [5.41, 5.74) is 0. The molecule has 2 rings (SSSR count). The minimum atomic E-state index is 0.986. The third-order valence-electron chi connectivity index (χ3n) is 3.19. The molecule has 0 saturated carbocycles. The van der Waals surface area contributed by atoms with Crippen LogP contribution < -0.4 is 0 Å². The molecule has 0 radical (unpaired) electrons. The van der Waals surface area contributed by atoms with Crippen LogP contribution in [0.25, 0.3) is 0 Å². The molecule has 0 bridgehead atoms. The smallest absolute Gasteiger partial charge is 0.00255 e. The molecule has 0 amide bonds. The molecule has 2 saturated heterocycles. The van der Waals surface area contributed by atoms with Crippen molar-refractivity contribution in [3.05, 3.63) is 0 Å². The molecule has 0 N–H and O–H groups in total. The number of hydrogen-bond donors (Lipinski definition) is 0. The molecular weight excluding hydrogens is 136 g/mol. The first kappa shape index (κ1) is 7.56. The Balaban J connectivity index is 1.93. The molecule has 64 valence electrons. The van der Waals surface area contributed by atoms with E-state index >= 15 is 0 Å². The highest BCUT2D eigenvalue weighted by atomic mass is 15.2. The van der Waals surface area contributed by atoms with E-state index in [1.54, 1.807) is 0 Å². The summed E-state index contributed by atoms with van der Waals surface area (Å²) in [5, 5.41) is 0. The summed E-state index contributed by atoms with van der Waals surface area (Å²) in [7, 11) is 2.24. The summed E-state index contributed by atoms with van der Waals surface area (Å²) in [6.45, 7) is 8.89. The second-order valence-electron chi connectivity index (χ2n) is 4.09. The van der Waals surface area contributed by atoms with Gasteiger partial charge in [0, 0.05) is 26.2 Å². The Kier molecular flexibility index (Phi) is 1.90. The largest absolute Gasteiger partial charge is 0.306 e. The van der Waals surface area contributed by atoms with Crippen LogP contribution in [0, 0.1) is 11.8 Å². The Labute approximate surface area is 69.2 Å². The van der Waals surface area contributed by atoms with E-state index in [1.165, 1.54) is 32.7 Å². The van der Waals surface area contributed by atoms with Crippen molar-refractivity contribution in [2.75, 3.05) is 39.8 Å². The van der Waals surface area contributed by atoms with Gasteiger partial charge in [0.05, 0.1) is 0 Å². The van der Waals surface area contributed by atoms with Crippen LogP contribution in [0.2, 0.25) is 0 Å². The van der Waals surface area contributed by atoms with E-state index in [0.717, 1.165) is 11.8 Å². The van der Waals surface area contributed by atoms with Crippen LogP contribution in [0.15, 0.2) is 0 Å². The summed E-state index contributed by atoms with van der Waals surface area (Å²) in [6.07, 6.45) is 0. The molecule has 0 aliphatic carbocycles. The Morgan fingerprint density at radius 1 is 1.09 bits per heavy atom. The SMILES string of the molecule is CCN1CC2CN(C)C[C@H]2C1. The highest BCUT2D eigenvalue weighted by molar-refractivity contribution is 4.91. The summed E-state index contributed by atoms with van der Waals surface area (Å²) in [4.78, 5) is 5.06. The van der Waals surface area contributed by atoms with Crippen LogP contribution >= 0.6 is 0 Å². The molecule has 2 aliphatic rings. The molecular formula is C9H18N2. The first-order chi connectivity index (χ1) is 5.29. The van der Waals surface area contributed by atoms with Crippen LogP contribution in [0.5, 0.6) is 0 Å². The first-order valence-corrected chi connectivity index (χ1v) is 4.70. The molecule has 0 spiro atoms. The Hall–Kier alpha value is -0.0800. The van der Waals surface area contributed by atoms with Gasteiger partial charge in [-0.2, -0.15) is 0 Å². The van der Waals surface area contributed by atoms with Gasteiger partial charge in [0.15, 0.2) is 0 Å². The highest BCUT2D eigenvalue weighted by Crippen LogP contribution is 2.29. The van der Waals surface area contributed by atoms with Crippen LogP contribution in [-0.2, 0) is 0 Å². The van der Waals surface area contributed by atoms with Crippen molar-refractivity contribution in [1.82, 2.24) is 9.80 Å². The van der Waals surface area contributed by atoms with Gasteiger partial charge in [0.1, 0.15) is 0 Å². The van der Waals surface area contributed by atoms with Crippen LogP contribution in [0.4, 0.5) is 0 Å². The van der Waals surface area contributed by atoms with Crippen molar-refractivity contribution in [2.45, 2.75) is 6.92 Å². The minimum Gasteiger partial charge on any atom is -0.306 e. The van der Waals surface area contributed by atoms with Gasteiger partial charge in [0.2, 0.25) is 0 Å². The maximum absolute atomic E-state index is 2.59. The molecule has 2 nitrogen and oxygen atoms in total. The molecule has 11 heavy (non-hydrogen) atoms. The lowest BCUT2D eigenvalue weighted by Gasteiger charge is -2.16. The monoisotopic (exact) mass is 154 g/mol. The van der Waals surface area contributed by atoms with Crippen molar-refractivity contribution in [3.8, 4) is 0 Å². The molecule has 2 aliphatic heterocycles. The lowest BCUT2D eigenvalue weighted by molar-refractivity contribution is 0.289. The zero-order valence-electron chi connectivity index (χ0n) is 7.58. The van der Waals surface area contributed by atoms with E-state index in [4.69, 9.17) is 0 Å². The molecule has 2 atom stereocenters. The van der Waals surface area contributed by atoms with Crippen molar-refractivity contribution in [2.24, 2.45) is 11.8 Å². The topological polar surface area (TPSA) is 6.48 Å². The second-order valence-corrected chi connectivity index (χ2v) is 4.09. The minimum absolute atomic E-state index is 0.986. The fourth-order valence-electron chi connectivity index (χ4n) is 2.58. The normalized spacial score (nSPS) is 39.8. The second kappa shape index (κ2) is 2.76. The van der Waals surface area contributed by atoms with Crippen LogP contribution in [0.1, 0.15) is 6.92 Å². The summed E-state index contributed by atoms with van der Waals surface area (Å²) >= 11 is 0. The number of nitrogens with zero attached hydrogens (tertiary/aromatic N) is 2. The van der Waals surface area contributed by atoms with Crippen molar-refractivity contribution >= 4 is 0 Å². The number of likely N-dealkylation sites (tertiary alicyclic amines) is 2. The van der Waals surface area contributed by atoms with Crippen LogP contribution in [-0.4, -0.2) is 49.6 Å². The molecule has 1 unspecified atom stereocenters. The number of rotatable bonds is 1. The van der Waals surface area contributed by atoms with Gasteiger partial charge in [-0.05, 0) is 25.4 Å². The molecule has 2 heteroatoms. The predicted molar refractivity (Wildman–Crippen MR) is 46.6 cm³/mol. The van der Waals surface area contributed by atoms with Crippen molar-refractivity contribution < 1.29 is 0 Å². The Morgan fingerprint density at radius 2 is 1.64 bits per heavy atom. The maximum Gasteiger partial charge on any atom is 0.00255 e. The molecule has 0 aromatic heterocycles. The van der Waals surface area contributed by atoms with Gasteiger partial charge in [-0.1, -0.05) is 6.92 Å². The average molecular weight is 154 g/mol. The highest BCUT2D eigenvalue weighted by Gasteiger charge is 2.37. The lowest BCUT2D eigenvalue weighted by Crippen LogP contribution is -2.26. The van der Waals surface area contributed by atoms with E-state index in [9.17, 15) is 0 Å². The number of hydrogen-bond acceptors (Lipinski definition) is 2.